The second-order valence-corrected chi connectivity index (χ2v) is 11.8. The molecular weight excluding hydrogens is 529 g/mol. The fraction of sp³-hybridized carbons (Fsp3) is 0.414. The van der Waals surface area contributed by atoms with Gasteiger partial charge in [-0.05, 0) is 64.3 Å². The van der Waals surface area contributed by atoms with E-state index in [0.29, 0.717) is 40.8 Å². The number of aromatic nitrogens is 4. The van der Waals surface area contributed by atoms with Crippen molar-refractivity contribution in [1.82, 2.24) is 24.3 Å². The zero-order valence-corrected chi connectivity index (χ0v) is 24.1. The maximum absolute atomic E-state index is 13.5. The Morgan fingerprint density at radius 3 is 2.55 bits per heavy atom. The second-order valence-electron chi connectivity index (χ2n) is 10.9. The van der Waals surface area contributed by atoms with Crippen molar-refractivity contribution in [2.75, 3.05) is 25.0 Å². The van der Waals surface area contributed by atoms with E-state index in [0.717, 1.165) is 35.7 Å². The van der Waals surface area contributed by atoms with Crippen LogP contribution in [0.2, 0.25) is 0 Å². The predicted molar refractivity (Wildman–Crippen MR) is 152 cm³/mol. The van der Waals surface area contributed by atoms with Crippen molar-refractivity contribution in [2.24, 2.45) is 0 Å². The molecule has 0 saturated carbocycles. The number of carbonyl (C=O) groups is 1. The van der Waals surface area contributed by atoms with Gasteiger partial charge in [-0.3, -0.25) is 9.38 Å². The molecule has 1 saturated heterocycles. The molecule has 0 unspecified atom stereocenters. The zero-order valence-electron chi connectivity index (χ0n) is 23.3. The van der Waals surface area contributed by atoms with Crippen molar-refractivity contribution >= 4 is 34.0 Å². The summed E-state index contributed by atoms with van der Waals surface area (Å²) >= 11 is 1.29. The minimum atomic E-state index is -0.521. The van der Waals surface area contributed by atoms with Crippen molar-refractivity contribution in [1.29, 1.82) is 5.26 Å². The Morgan fingerprint density at radius 1 is 1.23 bits per heavy atom. The third-order valence-electron chi connectivity index (χ3n) is 6.91. The van der Waals surface area contributed by atoms with E-state index in [4.69, 9.17) is 19.7 Å². The molecule has 1 fully saturated rings. The number of benzene rings is 1. The summed E-state index contributed by atoms with van der Waals surface area (Å²) in [7, 11) is 1.91. The monoisotopic (exact) mass is 561 g/mol. The molecular formula is C29H32FN7O2S. The van der Waals surface area contributed by atoms with Crippen molar-refractivity contribution in [3.05, 3.63) is 58.7 Å². The topological polar surface area (TPSA) is 99.7 Å². The number of fused-ring (bicyclic) bond motifs is 1. The van der Waals surface area contributed by atoms with Gasteiger partial charge in [-0.1, -0.05) is 18.3 Å². The van der Waals surface area contributed by atoms with Crippen LogP contribution in [0, 0.1) is 17.1 Å². The molecule has 0 spiro atoms. The summed E-state index contributed by atoms with van der Waals surface area (Å²) in [6, 6.07) is 8.23. The summed E-state index contributed by atoms with van der Waals surface area (Å²) in [4.78, 5) is 31.0. The Balaban J connectivity index is 1.43. The number of piperidine rings is 1. The van der Waals surface area contributed by atoms with Crippen molar-refractivity contribution in [3.63, 3.8) is 0 Å². The van der Waals surface area contributed by atoms with E-state index in [1.165, 1.54) is 23.5 Å². The first-order valence-electron chi connectivity index (χ1n) is 13.3. The molecule has 1 amide bonds. The summed E-state index contributed by atoms with van der Waals surface area (Å²) < 4.78 is 21.1. The molecule has 9 nitrogen and oxygen atoms in total. The second kappa shape index (κ2) is 10.8. The Morgan fingerprint density at radius 2 is 1.93 bits per heavy atom. The number of rotatable bonds is 5. The normalized spacial score (nSPS) is 14.4. The first-order chi connectivity index (χ1) is 19.1. The lowest BCUT2D eigenvalue weighted by Gasteiger charge is -2.33. The molecule has 1 aliphatic rings. The van der Waals surface area contributed by atoms with Gasteiger partial charge in [0.2, 0.25) is 0 Å². The van der Waals surface area contributed by atoms with Crippen LogP contribution in [0.3, 0.4) is 0 Å². The van der Waals surface area contributed by atoms with Gasteiger partial charge < -0.3 is 14.5 Å². The van der Waals surface area contributed by atoms with Gasteiger partial charge in [-0.2, -0.15) is 5.26 Å². The van der Waals surface area contributed by atoms with E-state index in [1.54, 1.807) is 23.2 Å². The number of ether oxygens (including phenoxy) is 1. The minimum Gasteiger partial charge on any atom is -0.444 e. The number of thiazole rings is 1. The van der Waals surface area contributed by atoms with Gasteiger partial charge >= 0.3 is 6.09 Å². The molecule has 11 heteroatoms. The summed E-state index contributed by atoms with van der Waals surface area (Å²) in [5, 5.41) is 10.4. The van der Waals surface area contributed by atoms with Gasteiger partial charge in [0.25, 0.3) is 0 Å². The molecule has 4 heterocycles. The van der Waals surface area contributed by atoms with Crippen LogP contribution in [0.25, 0.3) is 16.9 Å². The lowest BCUT2D eigenvalue weighted by Crippen LogP contribution is -2.41. The van der Waals surface area contributed by atoms with Gasteiger partial charge in [-0.25, -0.2) is 19.2 Å². The summed E-state index contributed by atoms with van der Waals surface area (Å²) in [5.41, 5.74) is 3.25. The summed E-state index contributed by atoms with van der Waals surface area (Å²) in [6.45, 7) is 8.88. The van der Waals surface area contributed by atoms with E-state index < -0.39 is 5.60 Å². The SMILES string of the molecule is CCc1nc2cnc(C3CCN(C(=O)OC(C)(C)C)CC3)cn2c1N(C)c1nc(-c2ccc(F)cc2)c(C#N)s1. The fourth-order valence-corrected chi connectivity index (χ4v) is 5.76. The number of halogens is 1. The van der Waals surface area contributed by atoms with E-state index in [2.05, 4.69) is 6.07 Å². The number of nitrogens with zero attached hydrogens (tertiary/aromatic N) is 7. The molecule has 1 aromatic carbocycles. The van der Waals surface area contributed by atoms with E-state index in [1.807, 2.05) is 50.2 Å². The van der Waals surface area contributed by atoms with Crippen LogP contribution in [-0.2, 0) is 11.2 Å². The highest BCUT2D eigenvalue weighted by molar-refractivity contribution is 7.16. The van der Waals surface area contributed by atoms with Gasteiger partial charge in [-0.15, -0.1) is 0 Å². The number of amides is 1. The molecule has 0 aliphatic carbocycles. The average Bonchev–Trinajstić information content (AvgIpc) is 3.53. The summed E-state index contributed by atoms with van der Waals surface area (Å²) in [6.07, 6.45) is 5.82. The lowest BCUT2D eigenvalue weighted by atomic mass is 9.94. The predicted octanol–water partition coefficient (Wildman–Crippen LogP) is 6.31. The van der Waals surface area contributed by atoms with E-state index >= 15 is 0 Å². The number of aryl methyl sites for hydroxylation is 1. The van der Waals surface area contributed by atoms with Crippen LogP contribution in [-0.4, -0.2) is 56.1 Å². The highest BCUT2D eigenvalue weighted by Crippen LogP contribution is 2.37. The number of likely N-dealkylation sites (tertiary alicyclic amines) is 1. The number of anilines is 2. The number of hydrogen-bond acceptors (Lipinski definition) is 8. The Labute approximate surface area is 236 Å². The highest BCUT2D eigenvalue weighted by atomic mass is 32.1. The molecule has 3 aromatic heterocycles. The number of nitriles is 1. The first kappa shape index (κ1) is 27.5. The Bertz CT molecular complexity index is 1570. The number of hydrogen-bond donors (Lipinski definition) is 0. The van der Waals surface area contributed by atoms with Crippen LogP contribution in [0.15, 0.2) is 36.7 Å². The van der Waals surface area contributed by atoms with Crippen LogP contribution in [0.5, 0.6) is 0 Å². The van der Waals surface area contributed by atoms with Crippen LogP contribution in [0.1, 0.15) is 62.7 Å². The zero-order chi connectivity index (χ0) is 28.6. The highest BCUT2D eigenvalue weighted by Gasteiger charge is 2.29. The molecule has 40 heavy (non-hydrogen) atoms. The molecule has 1 aliphatic heterocycles. The van der Waals surface area contributed by atoms with Crippen LogP contribution >= 0.6 is 11.3 Å². The van der Waals surface area contributed by atoms with E-state index in [9.17, 15) is 14.4 Å². The standard InChI is InChI=1S/C29H32FN7O2S/c1-6-21-26(35(5)27-34-25(23(15-31)40-27)19-7-9-20(30)10-8-19)37-17-22(32-16-24(37)33-21)18-11-13-36(14-12-18)28(38)39-29(2,3)4/h7-10,16-18H,6,11-14H2,1-5H3. The maximum atomic E-state index is 13.5. The largest absolute Gasteiger partial charge is 0.444 e. The molecule has 4 aromatic rings. The van der Waals surface area contributed by atoms with Crippen LogP contribution in [0.4, 0.5) is 20.1 Å². The molecule has 0 bridgehead atoms. The third-order valence-corrected chi connectivity index (χ3v) is 7.95. The summed E-state index contributed by atoms with van der Waals surface area (Å²) in [5.74, 6) is 0.716. The lowest BCUT2D eigenvalue weighted by molar-refractivity contribution is 0.0204. The van der Waals surface area contributed by atoms with Crippen molar-refractivity contribution in [3.8, 4) is 17.3 Å². The first-order valence-corrected chi connectivity index (χ1v) is 14.1. The van der Waals surface area contributed by atoms with Gasteiger partial charge in [0, 0.05) is 37.8 Å². The fourth-order valence-electron chi connectivity index (χ4n) is 4.92. The molecule has 0 radical (unpaired) electrons. The molecule has 208 valence electrons. The minimum absolute atomic E-state index is 0.198. The quantitative estimate of drug-likeness (QED) is 0.282. The third kappa shape index (κ3) is 5.49. The molecule has 5 rings (SSSR count). The van der Waals surface area contributed by atoms with Crippen molar-refractivity contribution in [2.45, 2.75) is 58.5 Å². The van der Waals surface area contributed by atoms with Gasteiger partial charge in [0.1, 0.15) is 33.9 Å². The smallest absolute Gasteiger partial charge is 0.410 e. The number of carbonyl (C=O) groups excluding carboxylic acids is 1. The van der Waals surface area contributed by atoms with Crippen LogP contribution < -0.4 is 4.90 Å². The maximum Gasteiger partial charge on any atom is 0.410 e. The van der Waals surface area contributed by atoms with Gasteiger partial charge in [0.15, 0.2) is 10.8 Å². The Kier molecular flexibility index (Phi) is 7.47. The average molecular weight is 562 g/mol. The number of imidazole rings is 1. The van der Waals surface area contributed by atoms with Gasteiger partial charge in [0.05, 0.1) is 17.6 Å². The molecule has 0 atom stereocenters. The molecule has 0 N–H and O–H groups in total. The van der Waals surface area contributed by atoms with Crippen molar-refractivity contribution < 1.29 is 13.9 Å². The Hall–Kier alpha value is -4.04. The van der Waals surface area contributed by atoms with E-state index in [-0.39, 0.29) is 17.8 Å².